The van der Waals surface area contributed by atoms with Crippen LogP contribution in [0.5, 0.6) is 0 Å². The van der Waals surface area contributed by atoms with Crippen LogP contribution in [-0.4, -0.2) is 18.6 Å². The number of hydrogen-bond acceptors (Lipinski definition) is 2. The summed E-state index contributed by atoms with van der Waals surface area (Å²) in [7, 11) is 0. The van der Waals surface area contributed by atoms with Crippen molar-refractivity contribution in [3.63, 3.8) is 0 Å². The minimum Gasteiger partial charge on any atom is -0.330 e. The summed E-state index contributed by atoms with van der Waals surface area (Å²) >= 11 is 0. The topological polar surface area (TPSA) is 38.0 Å². The Bertz CT molecular complexity index is 94.2. The molecule has 0 aromatic heterocycles. The molecule has 2 heteroatoms. The van der Waals surface area contributed by atoms with Crippen molar-refractivity contribution in [2.45, 2.75) is 39.7 Å². The van der Waals surface area contributed by atoms with Gasteiger partial charge in [0.2, 0.25) is 0 Å². The summed E-state index contributed by atoms with van der Waals surface area (Å²) in [6.07, 6.45) is 1.11. The molecule has 0 radical (unpaired) electrons. The van der Waals surface area contributed by atoms with Crippen molar-refractivity contribution in [2.24, 2.45) is 11.7 Å². The van der Waals surface area contributed by atoms with Crippen LogP contribution in [0.1, 0.15) is 34.1 Å². The third-order valence-corrected chi connectivity index (χ3v) is 1.64. The molecule has 0 fully saturated rings. The molecule has 1 unspecified atom stereocenters. The Kier molecular flexibility index (Phi) is 4.69. The molecule has 0 aromatic rings. The maximum atomic E-state index is 5.44. The summed E-state index contributed by atoms with van der Waals surface area (Å²) in [5.74, 6) is 0.694. The second-order valence-corrected chi connectivity index (χ2v) is 4.31. The molecule has 0 aromatic carbocycles. The van der Waals surface area contributed by atoms with Gasteiger partial charge in [0.05, 0.1) is 0 Å². The number of hydrogen-bond donors (Lipinski definition) is 2. The van der Waals surface area contributed by atoms with Crippen LogP contribution in [0.4, 0.5) is 0 Å². The van der Waals surface area contributed by atoms with Crippen LogP contribution in [0.2, 0.25) is 0 Å². The average molecular weight is 158 g/mol. The molecule has 11 heavy (non-hydrogen) atoms. The third-order valence-electron chi connectivity index (χ3n) is 1.64. The van der Waals surface area contributed by atoms with Crippen LogP contribution in [0.25, 0.3) is 0 Å². The summed E-state index contributed by atoms with van der Waals surface area (Å²) in [6, 6.07) is 0. The first-order chi connectivity index (χ1) is 4.95. The number of rotatable bonds is 4. The minimum absolute atomic E-state index is 0.239. The molecule has 0 spiro atoms. The molecule has 0 heterocycles. The average Bonchev–Trinajstić information content (AvgIpc) is 1.83. The molecule has 1 atom stereocenters. The maximum absolute atomic E-state index is 5.44. The Labute approximate surface area is 70.5 Å². The molecule has 3 N–H and O–H groups in total. The van der Waals surface area contributed by atoms with E-state index in [9.17, 15) is 0 Å². The van der Waals surface area contributed by atoms with Crippen LogP contribution in [0, 0.1) is 5.92 Å². The second kappa shape index (κ2) is 4.73. The molecule has 0 aliphatic heterocycles. The fraction of sp³-hybridized carbons (Fsp3) is 1.00. The lowest BCUT2D eigenvalue weighted by Crippen LogP contribution is -2.38. The fourth-order valence-electron chi connectivity index (χ4n) is 0.867. The van der Waals surface area contributed by atoms with E-state index in [0.717, 1.165) is 19.5 Å². The van der Waals surface area contributed by atoms with E-state index in [2.05, 4.69) is 33.0 Å². The van der Waals surface area contributed by atoms with Gasteiger partial charge in [-0.3, -0.25) is 0 Å². The molecule has 0 aliphatic carbocycles. The molecule has 0 aliphatic rings. The second-order valence-electron chi connectivity index (χ2n) is 4.31. The molecular weight excluding hydrogens is 136 g/mol. The van der Waals surface area contributed by atoms with E-state index in [0.29, 0.717) is 5.92 Å². The lowest BCUT2D eigenvalue weighted by Gasteiger charge is -2.23. The van der Waals surface area contributed by atoms with Gasteiger partial charge in [-0.15, -0.1) is 0 Å². The Morgan fingerprint density at radius 3 is 2.27 bits per heavy atom. The van der Waals surface area contributed by atoms with Gasteiger partial charge in [0, 0.05) is 5.54 Å². The number of nitrogens with two attached hydrogens (primary N) is 1. The van der Waals surface area contributed by atoms with E-state index in [1.807, 2.05) is 0 Å². The van der Waals surface area contributed by atoms with Gasteiger partial charge in [0.15, 0.2) is 0 Å². The Morgan fingerprint density at radius 1 is 1.36 bits per heavy atom. The summed E-state index contributed by atoms with van der Waals surface area (Å²) in [5, 5.41) is 3.45. The standard InChI is InChI=1S/C9H22N2/c1-8(5-6-10)7-11-9(2,3)4/h8,11H,5-7,10H2,1-4H3. The lowest BCUT2D eigenvalue weighted by molar-refractivity contribution is 0.374. The predicted molar refractivity (Wildman–Crippen MR) is 50.6 cm³/mol. The number of nitrogens with one attached hydrogen (secondary N) is 1. The third kappa shape index (κ3) is 7.82. The minimum atomic E-state index is 0.239. The van der Waals surface area contributed by atoms with E-state index < -0.39 is 0 Å². The Balaban J connectivity index is 3.38. The van der Waals surface area contributed by atoms with Crippen LogP contribution >= 0.6 is 0 Å². The van der Waals surface area contributed by atoms with Crippen molar-refractivity contribution in [3.05, 3.63) is 0 Å². The van der Waals surface area contributed by atoms with Gasteiger partial charge in [0.1, 0.15) is 0 Å². The van der Waals surface area contributed by atoms with Gasteiger partial charge in [-0.25, -0.2) is 0 Å². The summed E-state index contributed by atoms with van der Waals surface area (Å²) in [4.78, 5) is 0. The van der Waals surface area contributed by atoms with E-state index in [-0.39, 0.29) is 5.54 Å². The van der Waals surface area contributed by atoms with Gasteiger partial charge >= 0.3 is 0 Å². The van der Waals surface area contributed by atoms with Crippen LogP contribution in [0.3, 0.4) is 0 Å². The van der Waals surface area contributed by atoms with Crippen LogP contribution < -0.4 is 11.1 Å². The highest BCUT2D eigenvalue weighted by molar-refractivity contribution is 4.71. The van der Waals surface area contributed by atoms with E-state index >= 15 is 0 Å². The Morgan fingerprint density at radius 2 is 1.91 bits per heavy atom. The zero-order valence-electron chi connectivity index (χ0n) is 8.28. The largest absolute Gasteiger partial charge is 0.330 e. The normalized spacial score (nSPS) is 15.0. The molecule has 0 amide bonds. The molecule has 0 rings (SSSR count). The molecule has 0 saturated heterocycles. The van der Waals surface area contributed by atoms with Crippen molar-refractivity contribution in [1.29, 1.82) is 0 Å². The van der Waals surface area contributed by atoms with Gasteiger partial charge in [-0.1, -0.05) is 6.92 Å². The molecule has 2 nitrogen and oxygen atoms in total. The van der Waals surface area contributed by atoms with Gasteiger partial charge in [-0.2, -0.15) is 0 Å². The zero-order valence-corrected chi connectivity index (χ0v) is 8.28. The molecular formula is C9H22N2. The first-order valence-electron chi connectivity index (χ1n) is 4.41. The van der Waals surface area contributed by atoms with Crippen LogP contribution in [-0.2, 0) is 0 Å². The first-order valence-corrected chi connectivity index (χ1v) is 4.41. The van der Waals surface area contributed by atoms with Crippen molar-refractivity contribution >= 4 is 0 Å². The molecule has 68 valence electrons. The van der Waals surface area contributed by atoms with Gasteiger partial charge in [-0.05, 0) is 46.2 Å². The van der Waals surface area contributed by atoms with Crippen molar-refractivity contribution in [2.75, 3.05) is 13.1 Å². The smallest absolute Gasteiger partial charge is 0.00966 e. The van der Waals surface area contributed by atoms with Crippen LogP contribution in [0.15, 0.2) is 0 Å². The van der Waals surface area contributed by atoms with Gasteiger partial charge < -0.3 is 11.1 Å². The van der Waals surface area contributed by atoms with Gasteiger partial charge in [0.25, 0.3) is 0 Å². The molecule has 0 bridgehead atoms. The monoisotopic (exact) mass is 158 g/mol. The maximum Gasteiger partial charge on any atom is 0.00966 e. The van der Waals surface area contributed by atoms with Crippen molar-refractivity contribution in [3.8, 4) is 0 Å². The first kappa shape index (κ1) is 10.9. The van der Waals surface area contributed by atoms with Crippen molar-refractivity contribution < 1.29 is 0 Å². The SMILES string of the molecule is CC(CCN)CNC(C)(C)C. The highest BCUT2D eigenvalue weighted by atomic mass is 14.9. The highest BCUT2D eigenvalue weighted by Crippen LogP contribution is 2.03. The lowest BCUT2D eigenvalue weighted by atomic mass is 10.0. The fourth-order valence-corrected chi connectivity index (χ4v) is 0.867. The Hall–Kier alpha value is -0.0800. The summed E-state index contributed by atoms with van der Waals surface area (Å²) in [6.45, 7) is 10.6. The summed E-state index contributed by atoms with van der Waals surface area (Å²) in [5.41, 5.74) is 5.68. The highest BCUT2D eigenvalue weighted by Gasteiger charge is 2.09. The van der Waals surface area contributed by atoms with E-state index in [1.54, 1.807) is 0 Å². The van der Waals surface area contributed by atoms with E-state index in [4.69, 9.17) is 5.73 Å². The van der Waals surface area contributed by atoms with E-state index in [1.165, 1.54) is 0 Å². The molecule has 0 saturated carbocycles. The zero-order chi connectivity index (χ0) is 8.91. The predicted octanol–water partition coefficient (Wildman–Crippen LogP) is 1.36. The summed E-state index contributed by atoms with van der Waals surface area (Å²) < 4.78 is 0. The quantitative estimate of drug-likeness (QED) is 0.648. The van der Waals surface area contributed by atoms with Crippen molar-refractivity contribution in [1.82, 2.24) is 5.32 Å².